The highest BCUT2D eigenvalue weighted by molar-refractivity contribution is 5.08. The van der Waals surface area contributed by atoms with Crippen molar-refractivity contribution in [1.82, 2.24) is 4.90 Å². The molecule has 1 saturated carbocycles. The molecule has 0 heterocycles. The van der Waals surface area contributed by atoms with E-state index in [0.717, 1.165) is 12.5 Å². The molecule has 62 valence electrons. The molecule has 1 heteroatoms. The Kier molecular flexibility index (Phi) is 2.25. The molecule has 0 saturated heterocycles. The molecule has 1 nitrogen and oxygen atoms in total. The van der Waals surface area contributed by atoms with Crippen LogP contribution in [0.1, 0.15) is 26.7 Å². The van der Waals surface area contributed by atoms with Crippen molar-refractivity contribution in [2.45, 2.75) is 32.2 Å². The van der Waals surface area contributed by atoms with Crippen molar-refractivity contribution in [1.29, 1.82) is 0 Å². The van der Waals surface area contributed by atoms with Crippen LogP contribution in [-0.4, -0.2) is 24.0 Å². The fourth-order valence-corrected chi connectivity index (χ4v) is 1.03. The SMILES string of the molecule is C#CC(C)(C)N(C)CC1CC1. The van der Waals surface area contributed by atoms with E-state index >= 15 is 0 Å². The Morgan fingerprint density at radius 3 is 2.45 bits per heavy atom. The van der Waals surface area contributed by atoms with Crippen LogP contribution in [0.4, 0.5) is 0 Å². The Morgan fingerprint density at radius 1 is 1.55 bits per heavy atom. The largest absolute Gasteiger partial charge is 0.291 e. The number of nitrogens with zero attached hydrogens (tertiary/aromatic N) is 1. The first kappa shape index (κ1) is 8.62. The normalized spacial score (nSPS) is 18.5. The minimum atomic E-state index is -0.0669. The smallest absolute Gasteiger partial charge is 0.0763 e. The van der Waals surface area contributed by atoms with Crippen molar-refractivity contribution in [3.63, 3.8) is 0 Å². The molecule has 11 heavy (non-hydrogen) atoms. The van der Waals surface area contributed by atoms with E-state index in [1.165, 1.54) is 12.8 Å². The maximum atomic E-state index is 5.41. The van der Waals surface area contributed by atoms with E-state index in [4.69, 9.17) is 6.42 Å². The summed E-state index contributed by atoms with van der Waals surface area (Å²) in [5, 5.41) is 0. The summed E-state index contributed by atoms with van der Waals surface area (Å²) >= 11 is 0. The van der Waals surface area contributed by atoms with E-state index in [1.807, 2.05) is 0 Å². The molecular weight excluding hydrogens is 134 g/mol. The first-order valence-corrected chi connectivity index (χ1v) is 4.25. The van der Waals surface area contributed by atoms with Crippen LogP contribution in [0.25, 0.3) is 0 Å². The molecule has 0 N–H and O–H groups in total. The summed E-state index contributed by atoms with van der Waals surface area (Å²) in [5.74, 6) is 3.72. The first-order chi connectivity index (χ1) is 5.06. The van der Waals surface area contributed by atoms with Crippen LogP contribution in [0.5, 0.6) is 0 Å². The highest BCUT2D eigenvalue weighted by atomic mass is 15.2. The standard InChI is InChI=1S/C10H17N/c1-5-10(2,3)11(4)8-9-6-7-9/h1,9H,6-8H2,2-4H3. The van der Waals surface area contributed by atoms with Gasteiger partial charge in [0.25, 0.3) is 0 Å². The molecule has 0 aromatic heterocycles. The highest BCUT2D eigenvalue weighted by Crippen LogP contribution is 2.30. The Morgan fingerprint density at radius 2 is 2.09 bits per heavy atom. The predicted octanol–water partition coefficient (Wildman–Crippen LogP) is 1.74. The third kappa shape index (κ3) is 2.24. The second-order valence-electron chi connectivity index (χ2n) is 4.03. The zero-order chi connectivity index (χ0) is 8.48. The van der Waals surface area contributed by atoms with Gasteiger partial charge in [0.2, 0.25) is 0 Å². The zero-order valence-electron chi connectivity index (χ0n) is 7.72. The summed E-state index contributed by atoms with van der Waals surface area (Å²) < 4.78 is 0. The Balaban J connectivity index is 2.38. The number of rotatable bonds is 3. The molecular formula is C10H17N. The molecule has 0 aliphatic heterocycles. The second kappa shape index (κ2) is 2.87. The average Bonchev–Trinajstić information content (AvgIpc) is 2.72. The molecule has 0 spiro atoms. The van der Waals surface area contributed by atoms with E-state index in [1.54, 1.807) is 0 Å². The van der Waals surface area contributed by atoms with Gasteiger partial charge in [0.05, 0.1) is 5.54 Å². The van der Waals surface area contributed by atoms with Crippen LogP contribution in [0.2, 0.25) is 0 Å². The van der Waals surface area contributed by atoms with Crippen LogP contribution < -0.4 is 0 Å². The zero-order valence-corrected chi connectivity index (χ0v) is 7.72. The van der Waals surface area contributed by atoms with Crippen LogP contribution in [0, 0.1) is 18.3 Å². The number of hydrogen-bond donors (Lipinski definition) is 0. The summed E-state index contributed by atoms with van der Waals surface area (Å²) in [5.41, 5.74) is -0.0669. The molecule has 0 aromatic carbocycles. The summed E-state index contributed by atoms with van der Waals surface area (Å²) in [6.07, 6.45) is 8.20. The second-order valence-corrected chi connectivity index (χ2v) is 4.03. The van der Waals surface area contributed by atoms with Crippen LogP contribution in [0.3, 0.4) is 0 Å². The number of terminal acetylenes is 1. The van der Waals surface area contributed by atoms with E-state index in [-0.39, 0.29) is 5.54 Å². The maximum Gasteiger partial charge on any atom is 0.0763 e. The lowest BCUT2D eigenvalue weighted by atomic mass is 10.1. The average molecular weight is 151 g/mol. The van der Waals surface area contributed by atoms with Gasteiger partial charge >= 0.3 is 0 Å². The molecule has 0 unspecified atom stereocenters. The minimum absolute atomic E-state index is 0.0669. The van der Waals surface area contributed by atoms with Gasteiger partial charge in [-0.25, -0.2) is 0 Å². The van der Waals surface area contributed by atoms with Crippen LogP contribution in [0.15, 0.2) is 0 Å². The maximum absolute atomic E-state index is 5.41. The topological polar surface area (TPSA) is 3.24 Å². The van der Waals surface area contributed by atoms with E-state index in [9.17, 15) is 0 Å². The number of hydrogen-bond acceptors (Lipinski definition) is 1. The third-order valence-electron chi connectivity index (χ3n) is 2.54. The fourth-order valence-electron chi connectivity index (χ4n) is 1.03. The van der Waals surface area contributed by atoms with Gasteiger partial charge < -0.3 is 0 Å². The molecule has 1 aliphatic rings. The molecule has 0 atom stereocenters. The van der Waals surface area contributed by atoms with Crippen molar-refractivity contribution in [3.8, 4) is 12.3 Å². The molecule has 1 fully saturated rings. The summed E-state index contributed by atoms with van der Waals surface area (Å²) in [4.78, 5) is 2.27. The molecule has 0 bridgehead atoms. The predicted molar refractivity (Wildman–Crippen MR) is 48.3 cm³/mol. The van der Waals surface area contributed by atoms with Crippen molar-refractivity contribution in [2.75, 3.05) is 13.6 Å². The Hall–Kier alpha value is -0.480. The lowest BCUT2D eigenvalue weighted by Crippen LogP contribution is -2.40. The van der Waals surface area contributed by atoms with E-state index < -0.39 is 0 Å². The van der Waals surface area contributed by atoms with Crippen molar-refractivity contribution < 1.29 is 0 Å². The van der Waals surface area contributed by atoms with Crippen molar-refractivity contribution in [2.24, 2.45) is 5.92 Å². The molecule has 0 aromatic rings. The van der Waals surface area contributed by atoms with Gasteiger partial charge in [-0.15, -0.1) is 6.42 Å². The van der Waals surface area contributed by atoms with Gasteiger partial charge in [-0.2, -0.15) is 0 Å². The monoisotopic (exact) mass is 151 g/mol. The Bertz CT molecular complexity index is 172. The molecule has 0 radical (unpaired) electrons. The van der Waals surface area contributed by atoms with Crippen LogP contribution >= 0.6 is 0 Å². The molecule has 1 aliphatic carbocycles. The van der Waals surface area contributed by atoms with Gasteiger partial charge in [0.1, 0.15) is 0 Å². The Labute approximate surface area is 69.8 Å². The summed E-state index contributed by atoms with van der Waals surface area (Å²) in [6.45, 7) is 5.35. The van der Waals surface area contributed by atoms with E-state index in [0.29, 0.717) is 0 Å². The van der Waals surface area contributed by atoms with Gasteiger partial charge in [-0.1, -0.05) is 5.92 Å². The van der Waals surface area contributed by atoms with Crippen molar-refractivity contribution in [3.05, 3.63) is 0 Å². The molecule has 1 rings (SSSR count). The molecule has 0 amide bonds. The first-order valence-electron chi connectivity index (χ1n) is 4.25. The van der Waals surface area contributed by atoms with Gasteiger partial charge in [-0.3, -0.25) is 4.90 Å². The summed E-state index contributed by atoms with van der Waals surface area (Å²) in [7, 11) is 2.11. The van der Waals surface area contributed by atoms with E-state index in [2.05, 4.69) is 31.7 Å². The van der Waals surface area contributed by atoms with Crippen molar-refractivity contribution >= 4 is 0 Å². The quantitative estimate of drug-likeness (QED) is 0.555. The fraction of sp³-hybridized carbons (Fsp3) is 0.800. The van der Waals surface area contributed by atoms with Gasteiger partial charge in [0, 0.05) is 6.54 Å². The minimum Gasteiger partial charge on any atom is -0.291 e. The van der Waals surface area contributed by atoms with Gasteiger partial charge in [-0.05, 0) is 39.7 Å². The van der Waals surface area contributed by atoms with Crippen LogP contribution in [-0.2, 0) is 0 Å². The lowest BCUT2D eigenvalue weighted by molar-refractivity contribution is 0.205. The summed E-state index contributed by atoms with van der Waals surface area (Å²) in [6, 6.07) is 0. The third-order valence-corrected chi connectivity index (χ3v) is 2.54. The van der Waals surface area contributed by atoms with Gasteiger partial charge in [0.15, 0.2) is 0 Å². The highest BCUT2D eigenvalue weighted by Gasteiger charge is 2.28. The lowest BCUT2D eigenvalue weighted by Gasteiger charge is -2.30.